The van der Waals surface area contributed by atoms with E-state index in [0.717, 1.165) is 0 Å². The van der Waals surface area contributed by atoms with Gasteiger partial charge in [0.1, 0.15) is 17.7 Å². The van der Waals surface area contributed by atoms with Crippen molar-refractivity contribution in [1.29, 1.82) is 0 Å². The number of para-hydroxylation sites is 1. The van der Waals surface area contributed by atoms with Crippen LogP contribution in [-0.4, -0.2) is 27.1 Å². The molecule has 0 aliphatic rings. The Morgan fingerprint density at radius 3 is 2.74 bits per heavy atom. The topological polar surface area (TPSA) is 100 Å². The first kappa shape index (κ1) is 14.7. The third-order valence-electron chi connectivity index (χ3n) is 3.30. The summed E-state index contributed by atoms with van der Waals surface area (Å²) in [5.74, 6) is -0.644. The lowest BCUT2D eigenvalue weighted by Crippen LogP contribution is -2.21. The first-order chi connectivity index (χ1) is 11.1. The van der Waals surface area contributed by atoms with Crippen LogP contribution in [0.15, 0.2) is 47.5 Å². The Balaban J connectivity index is 2.18. The van der Waals surface area contributed by atoms with Crippen LogP contribution in [0.1, 0.15) is 17.3 Å². The first-order valence-corrected chi connectivity index (χ1v) is 7.02. The van der Waals surface area contributed by atoms with Crippen molar-refractivity contribution >= 4 is 22.8 Å². The van der Waals surface area contributed by atoms with Crippen LogP contribution in [0.5, 0.6) is 0 Å². The van der Waals surface area contributed by atoms with Crippen molar-refractivity contribution in [2.75, 3.05) is 12.3 Å². The number of pyridine rings is 1. The number of ether oxygens (including phenoxy) is 1. The maximum atomic E-state index is 12.6. The second-order valence-electron chi connectivity index (χ2n) is 4.76. The fourth-order valence-corrected chi connectivity index (χ4v) is 2.20. The van der Waals surface area contributed by atoms with E-state index in [0.29, 0.717) is 11.2 Å². The molecule has 0 amide bonds. The number of anilines is 1. The Labute approximate surface area is 131 Å². The van der Waals surface area contributed by atoms with Crippen LogP contribution in [0.2, 0.25) is 0 Å². The molecule has 116 valence electrons. The SMILES string of the molecule is CCOC(=O)c1cc2ncn(-c3ccccc3)c(=O)c2nc1N. The van der Waals surface area contributed by atoms with Crippen LogP contribution >= 0.6 is 0 Å². The fraction of sp³-hybridized carbons (Fsp3) is 0.125. The summed E-state index contributed by atoms with van der Waals surface area (Å²) >= 11 is 0. The van der Waals surface area contributed by atoms with Crippen molar-refractivity contribution < 1.29 is 9.53 Å². The molecular formula is C16H14N4O3. The molecule has 3 rings (SSSR count). The van der Waals surface area contributed by atoms with Gasteiger partial charge in [-0.2, -0.15) is 0 Å². The van der Waals surface area contributed by atoms with E-state index in [9.17, 15) is 9.59 Å². The lowest BCUT2D eigenvalue weighted by atomic mass is 10.2. The molecule has 0 unspecified atom stereocenters. The summed E-state index contributed by atoms with van der Waals surface area (Å²) in [6.45, 7) is 1.92. The number of esters is 1. The predicted octanol–water partition coefficient (Wildman–Crippen LogP) is 1.54. The van der Waals surface area contributed by atoms with Gasteiger partial charge >= 0.3 is 5.97 Å². The second kappa shape index (κ2) is 5.88. The molecule has 1 aromatic carbocycles. The van der Waals surface area contributed by atoms with Crippen molar-refractivity contribution in [2.45, 2.75) is 6.92 Å². The molecule has 2 heterocycles. The smallest absolute Gasteiger partial charge is 0.341 e. The number of hydrogen-bond donors (Lipinski definition) is 1. The van der Waals surface area contributed by atoms with Crippen molar-refractivity contribution in [2.24, 2.45) is 0 Å². The highest BCUT2D eigenvalue weighted by Crippen LogP contribution is 2.16. The van der Waals surface area contributed by atoms with Gasteiger partial charge in [-0.3, -0.25) is 9.36 Å². The number of carbonyl (C=O) groups excluding carboxylic acids is 1. The number of carbonyl (C=O) groups is 1. The van der Waals surface area contributed by atoms with Crippen molar-refractivity contribution in [3.05, 3.63) is 58.6 Å². The van der Waals surface area contributed by atoms with Gasteiger partial charge in [0, 0.05) is 0 Å². The van der Waals surface area contributed by atoms with Gasteiger partial charge in [0.15, 0.2) is 5.52 Å². The molecular weight excluding hydrogens is 296 g/mol. The third kappa shape index (κ3) is 2.64. The van der Waals surface area contributed by atoms with Crippen LogP contribution in [0, 0.1) is 0 Å². The molecule has 0 radical (unpaired) electrons. The van der Waals surface area contributed by atoms with Gasteiger partial charge in [0.05, 0.1) is 17.8 Å². The minimum atomic E-state index is -0.589. The molecule has 7 heteroatoms. The van der Waals surface area contributed by atoms with Gasteiger partial charge in [0.2, 0.25) is 0 Å². The minimum absolute atomic E-state index is 0.0549. The number of nitrogens with two attached hydrogens (primary N) is 1. The van der Waals surface area contributed by atoms with E-state index in [1.165, 1.54) is 17.0 Å². The fourth-order valence-electron chi connectivity index (χ4n) is 2.20. The molecule has 0 spiro atoms. The Kier molecular flexibility index (Phi) is 3.76. The summed E-state index contributed by atoms with van der Waals surface area (Å²) in [6.07, 6.45) is 1.40. The summed E-state index contributed by atoms with van der Waals surface area (Å²) in [6, 6.07) is 10.5. The summed E-state index contributed by atoms with van der Waals surface area (Å²) in [5, 5.41) is 0. The Morgan fingerprint density at radius 2 is 2.04 bits per heavy atom. The van der Waals surface area contributed by atoms with Gasteiger partial charge in [-0.1, -0.05) is 18.2 Å². The van der Waals surface area contributed by atoms with E-state index in [-0.39, 0.29) is 29.1 Å². The molecule has 7 nitrogen and oxygen atoms in total. The van der Waals surface area contributed by atoms with Gasteiger partial charge < -0.3 is 10.5 Å². The van der Waals surface area contributed by atoms with Crippen LogP contribution in [0.4, 0.5) is 5.82 Å². The number of fused-ring (bicyclic) bond motifs is 1. The van der Waals surface area contributed by atoms with Crippen molar-refractivity contribution in [1.82, 2.24) is 14.5 Å². The van der Waals surface area contributed by atoms with Gasteiger partial charge in [-0.15, -0.1) is 0 Å². The Hall–Kier alpha value is -3.22. The van der Waals surface area contributed by atoms with E-state index in [2.05, 4.69) is 9.97 Å². The number of benzene rings is 1. The van der Waals surface area contributed by atoms with Crippen LogP contribution in [0.3, 0.4) is 0 Å². The number of nitrogens with zero attached hydrogens (tertiary/aromatic N) is 3. The maximum absolute atomic E-state index is 12.6. The summed E-state index contributed by atoms with van der Waals surface area (Å²) < 4.78 is 6.28. The Morgan fingerprint density at radius 1 is 1.30 bits per heavy atom. The zero-order valence-corrected chi connectivity index (χ0v) is 12.4. The predicted molar refractivity (Wildman–Crippen MR) is 85.5 cm³/mol. The molecule has 2 aromatic heterocycles. The van der Waals surface area contributed by atoms with E-state index in [1.54, 1.807) is 19.1 Å². The van der Waals surface area contributed by atoms with E-state index in [4.69, 9.17) is 10.5 Å². The number of nitrogen functional groups attached to an aromatic ring is 1. The first-order valence-electron chi connectivity index (χ1n) is 7.02. The molecule has 0 fully saturated rings. The molecule has 0 saturated heterocycles. The average Bonchev–Trinajstić information content (AvgIpc) is 2.56. The van der Waals surface area contributed by atoms with E-state index < -0.39 is 5.97 Å². The normalized spacial score (nSPS) is 10.7. The monoisotopic (exact) mass is 310 g/mol. The lowest BCUT2D eigenvalue weighted by molar-refractivity contribution is 0.0527. The summed E-state index contributed by atoms with van der Waals surface area (Å²) in [5.41, 5.74) is 6.59. The standard InChI is InChI=1S/C16H14N4O3/c1-2-23-16(22)11-8-12-13(19-14(11)17)15(21)20(9-18-12)10-6-4-3-5-7-10/h3-9H,2H2,1H3,(H2,17,19). The molecule has 2 N–H and O–H groups in total. The third-order valence-corrected chi connectivity index (χ3v) is 3.30. The van der Waals surface area contributed by atoms with Crippen LogP contribution in [0.25, 0.3) is 16.7 Å². The van der Waals surface area contributed by atoms with Crippen molar-refractivity contribution in [3.63, 3.8) is 0 Å². The maximum Gasteiger partial charge on any atom is 0.341 e. The molecule has 3 aromatic rings. The van der Waals surface area contributed by atoms with Gasteiger partial charge in [0.25, 0.3) is 5.56 Å². The largest absolute Gasteiger partial charge is 0.462 e. The van der Waals surface area contributed by atoms with Crippen LogP contribution < -0.4 is 11.3 Å². The molecule has 0 atom stereocenters. The zero-order valence-electron chi connectivity index (χ0n) is 12.4. The summed E-state index contributed by atoms with van der Waals surface area (Å²) in [7, 11) is 0. The average molecular weight is 310 g/mol. The quantitative estimate of drug-likeness (QED) is 0.736. The number of aromatic nitrogens is 3. The summed E-state index contributed by atoms with van der Waals surface area (Å²) in [4.78, 5) is 32.7. The molecule has 0 bridgehead atoms. The number of hydrogen-bond acceptors (Lipinski definition) is 6. The highest BCUT2D eigenvalue weighted by atomic mass is 16.5. The Bertz CT molecular complexity index is 935. The molecule has 0 aliphatic carbocycles. The van der Waals surface area contributed by atoms with Crippen LogP contribution in [-0.2, 0) is 4.74 Å². The van der Waals surface area contributed by atoms with Gasteiger partial charge in [-0.25, -0.2) is 14.8 Å². The highest BCUT2D eigenvalue weighted by molar-refractivity contribution is 5.97. The van der Waals surface area contributed by atoms with E-state index >= 15 is 0 Å². The lowest BCUT2D eigenvalue weighted by Gasteiger charge is -2.08. The van der Waals surface area contributed by atoms with Gasteiger partial charge in [-0.05, 0) is 25.1 Å². The van der Waals surface area contributed by atoms with Crippen molar-refractivity contribution in [3.8, 4) is 5.69 Å². The minimum Gasteiger partial charge on any atom is -0.462 e. The van der Waals surface area contributed by atoms with E-state index in [1.807, 2.05) is 18.2 Å². The molecule has 23 heavy (non-hydrogen) atoms. The number of rotatable bonds is 3. The molecule has 0 saturated carbocycles. The zero-order chi connectivity index (χ0) is 16.4. The molecule has 0 aliphatic heterocycles. The second-order valence-corrected chi connectivity index (χ2v) is 4.76. The highest BCUT2D eigenvalue weighted by Gasteiger charge is 2.16.